The normalized spacial score (nSPS) is 12.0. The zero-order valence-corrected chi connectivity index (χ0v) is 18.9. The summed E-state index contributed by atoms with van der Waals surface area (Å²) in [6.45, 7) is 0.500. The van der Waals surface area contributed by atoms with Gasteiger partial charge in [0.15, 0.2) is 0 Å². The first-order chi connectivity index (χ1) is 15.7. The molecule has 0 bridgehead atoms. The summed E-state index contributed by atoms with van der Waals surface area (Å²) < 4.78 is 22.9. The topological polar surface area (TPSA) is 125 Å². The van der Waals surface area contributed by atoms with Crippen LogP contribution in [0.4, 0.5) is 5.69 Å². The van der Waals surface area contributed by atoms with E-state index >= 15 is 0 Å². The van der Waals surface area contributed by atoms with E-state index in [-0.39, 0.29) is 12.2 Å². The van der Waals surface area contributed by atoms with Gasteiger partial charge in [-0.1, -0.05) is 36.4 Å². The van der Waals surface area contributed by atoms with Crippen molar-refractivity contribution in [2.45, 2.75) is 19.0 Å². The van der Waals surface area contributed by atoms with Crippen molar-refractivity contribution in [3.63, 3.8) is 0 Å². The van der Waals surface area contributed by atoms with Crippen molar-refractivity contribution in [1.29, 1.82) is 0 Å². The third-order valence-corrected chi connectivity index (χ3v) is 5.93. The number of hydrogen-bond donors (Lipinski definition) is 3. The summed E-state index contributed by atoms with van der Waals surface area (Å²) in [7, 11) is -3.37. The van der Waals surface area contributed by atoms with Crippen LogP contribution in [0.25, 0.3) is 11.1 Å². The Morgan fingerprint density at radius 3 is 2.45 bits per heavy atom. The quantitative estimate of drug-likeness (QED) is 0.418. The standard InChI is InChI=1S/C24H25N3O5S/c1-33(31,32)13-11-22(24(29)30)27-23(28)20-10-9-17(15-26-19-8-5-12-25-16-19)14-21(20)18-6-3-2-4-7-18/h2-10,12,14,16,22,26H,11,13,15H2,1H3,(H,27,28)(H,29,30). The molecule has 1 aromatic heterocycles. The van der Waals surface area contributed by atoms with E-state index in [1.807, 2.05) is 48.5 Å². The molecule has 0 fully saturated rings. The maximum Gasteiger partial charge on any atom is 0.326 e. The monoisotopic (exact) mass is 467 g/mol. The summed E-state index contributed by atoms with van der Waals surface area (Å²) in [4.78, 5) is 28.7. The maximum atomic E-state index is 13.0. The number of amides is 1. The van der Waals surface area contributed by atoms with Gasteiger partial charge in [-0.05, 0) is 47.4 Å². The number of rotatable bonds is 10. The zero-order valence-electron chi connectivity index (χ0n) is 18.1. The minimum Gasteiger partial charge on any atom is -0.480 e. The van der Waals surface area contributed by atoms with Gasteiger partial charge in [-0.3, -0.25) is 9.78 Å². The van der Waals surface area contributed by atoms with E-state index in [1.165, 1.54) is 0 Å². The second kappa shape index (κ2) is 10.7. The number of aromatic nitrogens is 1. The van der Waals surface area contributed by atoms with Gasteiger partial charge in [0.05, 0.1) is 11.4 Å². The SMILES string of the molecule is CS(=O)(=O)CCC(NC(=O)c1ccc(CNc2cccnc2)cc1-c1ccccc1)C(=O)O. The number of pyridine rings is 1. The Morgan fingerprint density at radius 2 is 1.82 bits per heavy atom. The van der Waals surface area contributed by atoms with Gasteiger partial charge in [-0.15, -0.1) is 0 Å². The maximum absolute atomic E-state index is 13.0. The summed E-state index contributed by atoms with van der Waals surface area (Å²) >= 11 is 0. The van der Waals surface area contributed by atoms with Gasteiger partial charge >= 0.3 is 5.97 Å². The van der Waals surface area contributed by atoms with Crippen molar-refractivity contribution in [2.75, 3.05) is 17.3 Å². The third-order valence-electron chi connectivity index (χ3n) is 4.95. The first-order valence-electron chi connectivity index (χ1n) is 10.3. The summed E-state index contributed by atoms with van der Waals surface area (Å²) in [5, 5.41) is 15.2. The molecule has 33 heavy (non-hydrogen) atoms. The molecular formula is C24H25N3O5S. The smallest absolute Gasteiger partial charge is 0.326 e. The number of aliphatic carboxylic acids is 1. The summed E-state index contributed by atoms with van der Waals surface area (Å²) in [5.74, 6) is -2.21. The Balaban J connectivity index is 1.86. The number of hydrogen-bond acceptors (Lipinski definition) is 6. The molecule has 3 aromatic rings. The lowest BCUT2D eigenvalue weighted by atomic mass is 9.96. The van der Waals surface area contributed by atoms with Crippen LogP contribution in [-0.2, 0) is 21.2 Å². The van der Waals surface area contributed by atoms with Crippen LogP contribution in [-0.4, -0.2) is 48.4 Å². The lowest BCUT2D eigenvalue weighted by Gasteiger charge is -2.17. The van der Waals surface area contributed by atoms with Crippen molar-refractivity contribution in [2.24, 2.45) is 0 Å². The molecule has 1 heterocycles. The highest BCUT2D eigenvalue weighted by molar-refractivity contribution is 7.90. The molecule has 0 aliphatic heterocycles. The summed E-state index contributed by atoms with van der Waals surface area (Å²) in [6, 6.07) is 17.0. The van der Waals surface area contributed by atoms with E-state index in [0.717, 1.165) is 23.1 Å². The molecule has 0 aliphatic carbocycles. The molecule has 8 nitrogen and oxygen atoms in total. The van der Waals surface area contributed by atoms with E-state index in [0.29, 0.717) is 17.7 Å². The average molecular weight is 468 g/mol. The number of nitrogens with one attached hydrogen (secondary N) is 2. The van der Waals surface area contributed by atoms with Crippen LogP contribution >= 0.6 is 0 Å². The van der Waals surface area contributed by atoms with Crippen molar-refractivity contribution in [3.05, 3.63) is 84.2 Å². The van der Waals surface area contributed by atoms with E-state index in [9.17, 15) is 23.1 Å². The molecular weight excluding hydrogens is 442 g/mol. The van der Waals surface area contributed by atoms with Gasteiger partial charge in [0.25, 0.3) is 5.91 Å². The third kappa shape index (κ3) is 7.15. The van der Waals surface area contributed by atoms with Crippen molar-refractivity contribution in [1.82, 2.24) is 10.3 Å². The lowest BCUT2D eigenvalue weighted by Crippen LogP contribution is -2.42. The van der Waals surface area contributed by atoms with E-state index < -0.39 is 27.8 Å². The fourth-order valence-corrected chi connectivity index (χ4v) is 3.92. The van der Waals surface area contributed by atoms with Gasteiger partial charge in [0.1, 0.15) is 15.9 Å². The molecule has 0 radical (unpaired) electrons. The number of anilines is 1. The fourth-order valence-electron chi connectivity index (χ4n) is 3.25. The molecule has 1 unspecified atom stereocenters. The largest absolute Gasteiger partial charge is 0.480 e. The lowest BCUT2D eigenvalue weighted by molar-refractivity contribution is -0.139. The van der Waals surface area contributed by atoms with Crippen molar-refractivity contribution >= 4 is 27.4 Å². The number of nitrogens with zero attached hydrogens (tertiary/aromatic N) is 1. The Bertz CT molecular complexity index is 1220. The highest BCUT2D eigenvalue weighted by Crippen LogP contribution is 2.26. The second-order valence-corrected chi connectivity index (χ2v) is 9.88. The van der Waals surface area contributed by atoms with Crippen LogP contribution in [0.15, 0.2) is 73.1 Å². The number of carboxylic acid groups (broad SMARTS) is 1. The number of carbonyl (C=O) groups is 2. The fraction of sp³-hybridized carbons (Fsp3) is 0.208. The number of carbonyl (C=O) groups excluding carboxylic acids is 1. The zero-order chi connectivity index (χ0) is 23.8. The summed E-state index contributed by atoms with van der Waals surface area (Å²) in [5.41, 5.74) is 3.52. The van der Waals surface area contributed by atoms with Crippen molar-refractivity contribution in [3.8, 4) is 11.1 Å². The Hall–Kier alpha value is -3.72. The van der Waals surface area contributed by atoms with E-state index in [1.54, 1.807) is 24.5 Å². The Kier molecular flexibility index (Phi) is 7.78. The molecule has 1 atom stereocenters. The first kappa shape index (κ1) is 23.9. The molecule has 0 saturated carbocycles. The van der Waals surface area contributed by atoms with Crippen LogP contribution in [0, 0.1) is 0 Å². The summed E-state index contributed by atoms with van der Waals surface area (Å²) in [6.07, 6.45) is 4.21. The molecule has 9 heteroatoms. The predicted octanol–water partition coefficient (Wildman–Crippen LogP) is 2.98. The highest BCUT2D eigenvalue weighted by atomic mass is 32.2. The van der Waals surface area contributed by atoms with Gasteiger partial charge in [0.2, 0.25) is 0 Å². The number of benzene rings is 2. The average Bonchev–Trinajstić information content (AvgIpc) is 2.80. The molecule has 0 saturated heterocycles. The van der Waals surface area contributed by atoms with Gasteiger partial charge in [-0.2, -0.15) is 0 Å². The molecule has 2 aromatic carbocycles. The molecule has 172 valence electrons. The van der Waals surface area contributed by atoms with Gasteiger partial charge in [0, 0.05) is 30.8 Å². The second-order valence-electron chi connectivity index (χ2n) is 7.62. The minimum atomic E-state index is -3.37. The van der Waals surface area contributed by atoms with Crippen LogP contribution in [0.5, 0.6) is 0 Å². The molecule has 1 amide bonds. The van der Waals surface area contributed by atoms with E-state index in [4.69, 9.17) is 0 Å². The van der Waals surface area contributed by atoms with Crippen LogP contribution in [0.3, 0.4) is 0 Å². The first-order valence-corrected chi connectivity index (χ1v) is 12.3. The van der Waals surface area contributed by atoms with Crippen LogP contribution < -0.4 is 10.6 Å². The Morgan fingerprint density at radius 1 is 1.06 bits per heavy atom. The molecule has 3 N–H and O–H groups in total. The number of sulfone groups is 1. The van der Waals surface area contributed by atoms with Crippen LogP contribution in [0.1, 0.15) is 22.3 Å². The molecule has 0 spiro atoms. The van der Waals surface area contributed by atoms with E-state index in [2.05, 4.69) is 15.6 Å². The molecule has 3 rings (SSSR count). The Labute approximate surface area is 192 Å². The van der Waals surface area contributed by atoms with Crippen LogP contribution in [0.2, 0.25) is 0 Å². The minimum absolute atomic E-state index is 0.215. The van der Waals surface area contributed by atoms with Gasteiger partial charge < -0.3 is 15.7 Å². The predicted molar refractivity (Wildman–Crippen MR) is 127 cm³/mol. The highest BCUT2D eigenvalue weighted by Gasteiger charge is 2.24. The molecule has 0 aliphatic rings. The van der Waals surface area contributed by atoms with Gasteiger partial charge in [-0.25, -0.2) is 13.2 Å². The van der Waals surface area contributed by atoms with Crippen molar-refractivity contribution < 1.29 is 23.1 Å². The number of carboxylic acids is 1.